The Hall–Kier alpha value is -2.75. The highest BCUT2D eigenvalue weighted by molar-refractivity contribution is 5.72. The summed E-state index contributed by atoms with van der Waals surface area (Å²) in [5, 5.41) is 3.66. The minimum absolute atomic E-state index is 0.316. The van der Waals surface area contributed by atoms with Crippen LogP contribution < -0.4 is 10.5 Å². The maximum Gasteiger partial charge on any atom is 0.229 e. The largest absolute Gasteiger partial charge is 0.457 e. The molecule has 0 aliphatic rings. The summed E-state index contributed by atoms with van der Waals surface area (Å²) in [6.45, 7) is 0. The molecule has 0 radical (unpaired) electrons. The van der Waals surface area contributed by atoms with E-state index in [0.717, 1.165) is 22.6 Å². The summed E-state index contributed by atoms with van der Waals surface area (Å²) in [6, 6.07) is 17.2. The Labute approximate surface area is 110 Å². The van der Waals surface area contributed by atoms with Gasteiger partial charge in [-0.05, 0) is 29.8 Å². The second-order valence-corrected chi connectivity index (χ2v) is 4.04. The Morgan fingerprint density at radius 3 is 2.21 bits per heavy atom. The summed E-state index contributed by atoms with van der Waals surface area (Å²) < 4.78 is 10.6. The molecule has 4 nitrogen and oxygen atoms in total. The summed E-state index contributed by atoms with van der Waals surface area (Å²) in [6.07, 6.45) is 1.60. The number of para-hydroxylation sites is 1. The Morgan fingerprint density at radius 2 is 1.58 bits per heavy atom. The molecule has 0 unspecified atom stereocenters. The van der Waals surface area contributed by atoms with E-state index in [4.69, 9.17) is 15.0 Å². The molecule has 94 valence electrons. The van der Waals surface area contributed by atoms with Crippen LogP contribution in [0.5, 0.6) is 11.5 Å². The molecular formula is C15H12N2O2. The quantitative estimate of drug-likeness (QED) is 0.771. The Kier molecular flexibility index (Phi) is 2.90. The molecular weight excluding hydrogens is 240 g/mol. The molecule has 0 saturated carbocycles. The lowest BCUT2D eigenvalue weighted by Gasteiger charge is -2.06. The van der Waals surface area contributed by atoms with E-state index in [1.165, 1.54) is 0 Å². The van der Waals surface area contributed by atoms with Gasteiger partial charge in [-0.1, -0.05) is 35.5 Å². The van der Waals surface area contributed by atoms with Crippen LogP contribution in [0.15, 0.2) is 65.3 Å². The van der Waals surface area contributed by atoms with Gasteiger partial charge in [0.2, 0.25) is 5.88 Å². The van der Waals surface area contributed by atoms with Crippen molar-refractivity contribution in [3.8, 4) is 22.6 Å². The van der Waals surface area contributed by atoms with Gasteiger partial charge in [0.15, 0.2) is 0 Å². The molecule has 0 aliphatic carbocycles. The first kappa shape index (κ1) is 11.3. The van der Waals surface area contributed by atoms with Gasteiger partial charge >= 0.3 is 0 Å². The number of nitrogens with two attached hydrogens (primary N) is 1. The standard InChI is InChI=1S/C15H12N2O2/c16-15-14(10-17-19-15)11-6-8-13(9-7-11)18-12-4-2-1-3-5-12/h1-10H,16H2. The first-order valence-corrected chi connectivity index (χ1v) is 5.86. The van der Waals surface area contributed by atoms with Crippen molar-refractivity contribution in [1.29, 1.82) is 0 Å². The highest BCUT2D eigenvalue weighted by Crippen LogP contribution is 2.28. The van der Waals surface area contributed by atoms with E-state index in [9.17, 15) is 0 Å². The van der Waals surface area contributed by atoms with E-state index in [1.807, 2.05) is 54.6 Å². The van der Waals surface area contributed by atoms with Crippen molar-refractivity contribution in [2.75, 3.05) is 5.73 Å². The molecule has 0 atom stereocenters. The number of nitrogen functional groups attached to an aromatic ring is 1. The van der Waals surface area contributed by atoms with Crippen LogP contribution in [0, 0.1) is 0 Å². The Morgan fingerprint density at radius 1 is 0.895 bits per heavy atom. The van der Waals surface area contributed by atoms with Crippen molar-refractivity contribution in [2.45, 2.75) is 0 Å². The zero-order valence-electron chi connectivity index (χ0n) is 10.1. The molecule has 0 amide bonds. The number of rotatable bonds is 3. The number of hydrogen-bond donors (Lipinski definition) is 1. The predicted molar refractivity (Wildman–Crippen MR) is 72.9 cm³/mol. The molecule has 2 N–H and O–H groups in total. The number of aromatic nitrogens is 1. The smallest absolute Gasteiger partial charge is 0.229 e. The lowest BCUT2D eigenvalue weighted by atomic mass is 10.1. The lowest BCUT2D eigenvalue weighted by Crippen LogP contribution is -1.86. The summed E-state index contributed by atoms with van der Waals surface area (Å²) in [4.78, 5) is 0. The number of benzene rings is 2. The molecule has 3 rings (SSSR count). The average Bonchev–Trinajstić information content (AvgIpc) is 2.87. The average molecular weight is 252 g/mol. The number of ether oxygens (including phenoxy) is 1. The van der Waals surface area contributed by atoms with E-state index in [0.29, 0.717) is 5.88 Å². The van der Waals surface area contributed by atoms with Crippen LogP contribution in [0.3, 0.4) is 0 Å². The molecule has 0 fully saturated rings. The van der Waals surface area contributed by atoms with Gasteiger partial charge in [-0.25, -0.2) is 0 Å². The van der Waals surface area contributed by atoms with Gasteiger partial charge in [0.05, 0.1) is 11.8 Å². The van der Waals surface area contributed by atoms with Crippen LogP contribution in [0.2, 0.25) is 0 Å². The highest BCUT2D eigenvalue weighted by Gasteiger charge is 2.06. The number of nitrogens with zero attached hydrogens (tertiary/aromatic N) is 1. The van der Waals surface area contributed by atoms with Crippen molar-refractivity contribution in [2.24, 2.45) is 0 Å². The minimum Gasteiger partial charge on any atom is -0.457 e. The lowest BCUT2D eigenvalue weighted by molar-refractivity contribution is 0.436. The Bertz CT molecular complexity index is 660. The molecule has 3 aromatic rings. The summed E-state index contributed by atoms with van der Waals surface area (Å²) >= 11 is 0. The normalized spacial score (nSPS) is 10.3. The fourth-order valence-corrected chi connectivity index (χ4v) is 1.79. The van der Waals surface area contributed by atoms with E-state index in [2.05, 4.69) is 5.16 Å². The monoisotopic (exact) mass is 252 g/mol. The van der Waals surface area contributed by atoms with Crippen LogP contribution in [0.1, 0.15) is 0 Å². The van der Waals surface area contributed by atoms with Crippen LogP contribution >= 0.6 is 0 Å². The predicted octanol–water partition coefficient (Wildman–Crippen LogP) is 3.72. The van der Waals surface area contributed by atoms with Gasteiger partial charge in [0, 0.05) is 0 Å². The second kappa shape index (κ2) is 4.86. The zero-order chi connectivity index (χ0) is 13.1. The first-order chi connectivity index (χ1) is 9.33. The number of hydrogen-bond acceptors (Lipinski definition) is 4. The summed E-state index contributed by atoms with van der Waals surface area (Å²) in [5.41, 5.74) is 7.40. The molecule has 1 aromatic heterocycles. The Balaban J connectivity index is 1.82. The van der Waals surface area contributed by atoms with E-state index >= 15 is 0 Å². The second-order valence-electron chi connectivity index (χ2n) is 4.04. The maximum absolute atomic E-state index is 5.71. The first-order valence-electron chi connectivity index (χ1n) is 5.86. The van der Waals surface area contributed by atoms with Crippen molar-refractivity contribution in [3.05, 3.63) is 60.8 Å². The minimum atomic E-state index is 0.316. The third kappa shape index (κ3) is 2.42. The summed E-state index contributed by atoms with van der Waals surface area (Å²) in [7, 11) is 0. The van der Waals surface area contributed by atoms with Gasteiger partial charge in [0.25, 0.3) is 0 Å². The molecule has 0 spiro atoms. The molecule has 0 aliphatic heterocycles. The zero-order valence-corrected chi connectivity index (χ0v) is 10.1. The van der Waals surface area contributed by atoms with E-state index < -0.39 is 0 Å². The van der Waals surface area contributed by atoms with Gasteiger partial charge in [-0.15, -0.1) is 0 Å². The van der Waals surface area contributed by atoms with Gasteiger partial charge in [0.1, 0.15) is 11.5 Å². The fourth-order valence-electron chi connectivity index (χ4n) is 1.79. The van der Waals surface area contributed by atoms with Crippen molar-refractivity contribution < 1.29 is 9.26 Å². The van der Waals surface area contributed by atoms with Crippen LogP contribution in [0.4, 0.5) is 5.88 Å². The van der Waals surface area contributed by atoms with Gasteiger partial charge < -0.3 is 15.0 Å². The van der Waals surface area contributed by atoms with E-state index in [1.54, 1.807) is 6.20 Å². The fraction of sp³-hybridized carbons (Fsp3) is 0. The van der Waals surface area contributed by atoms with Gasteiger partial charge in [-0.2, -0.15) is 0 Å². The van der Waals surface area contributed by atoms with Crippen LogP contribution in [-0.2, 0) is 0 Å². The highest BCUT2D eigenvalue weighted by atomic mass is 16.5. The molecule has 0 bridgehead atoms. The van der Waals surface area contributed by atoms with Gasteiger partial charge in [-0.3, -0.25) is 0 Å². The maximum atomic E-state index is 5.71. The number of anilines is 1. The molecule has 0 saturated heterocycles. The molecule has 1 heterocycles. The van der Waals surface area contributed by atoms with Crippen molar-refractivity contribution in [1.82, 2.24) is 5.16 Å². The summed E-state index contributed by atoms with van der Waals surface area (Å²) in [5.74, 6) is 1.89. The topological polar surface area (TPSA) is 61.3 Å². The molecule has 4 heteroatoms. The third-order valence-electron chi connectivity index (χ3n) is 2.74. The van der Waals surface area contributed by atoms with E-state index in [-0.39, 0.29) is 0 Å². The molecule has 19 heavy (non-hydrogen) atoms. The van der Waals surface area contributed by atoms with Crippen molar-refractivity contribution >= 4 is 5.88 Å². The third-order valence-corrected chi connectivity index (χ3v) is 2.74. The van der Waals surface area contributed by atoms with Crippen molar-refractivity contribution in [3.63, 3.8) is 0 Å². The molecule has 2 aromatic carbocycles. The van der Waals surface area contributed by atoms with Crippen LogP contribution in [-0.4, -0.2) is 5.16 Å². The SMILES string of the molecule is Nc1oncc1-c1ccc(Oc2ccccc2)cc1. The van der Waals surface area contributed by atoms with Crippen LogP contribution in [0.25, 0.3) is 11.1 Å².